The number of carbonyl (C=O) groups is 4. The van der Waals surface area contributed by atoms with Crippen LogP contribution in [0, 0.1) is 30.6 Å². The summed E-state index contributed by atoms with van der Waals surface area (Å²) in [5, 5.41) is 28.1. The molecule has 410 valence electrons. The number of hydrogen-bond acceptors (Lipinski definition) is 13. The zero-order valence-electron chi connectivity index (χ0n) is 45.3. The highest BCUT2D eigenvalue weighted by Gasteiger charge is 2.43. The lowest BCUT2D eigenvalue weighted by atomic mass is 9.88. The van der Waals surface area contributed by atoms with Crippen molar-refractivity contribution >= 4 is 41.1 Å². The third-order valence-corrected chi connectivity index (χ3v) is 13.2. The average Bonchev–Trinajstić information content (AvgIpc) is 4.00. The SMILES string of the molecule is C#Cc1ccc([C@H](CC(=O)N2CCN(c3ccc(Nc4cc(-c5ccc(OC[C@H](CC(C)(C)C)NC(=O)OC(C)(C)C)c(C(F)F)c5)ccn4)cn3)CC2)NC(=O)[C@@H]2C[C@@H](O)CN2C(=O)C(C(C)C)n2cc(C)nn2)cc1. The van der Waals surface area contributed by atoms with Gasteiger partial charge in [-0.3, -0.25) is 14.4 Å². The van der Waals surface area contributed by atoms with Gasteiger partial charge in [0, 0.05) is 57.1 Å². The Bertz CT molecular complexity index is 2890. The Labute approximate surface area is 449 Å². The van der Waals surface area contributed by atoms with Gasteiger partial charge in [-0.15, -0.1) is 11.5 Å². The second kappa shape index (κ2) is 24.6. The number of alkyl carbamates (subject to hydrolysis) is 1. The van der Waals surface area contributed by atoms with Crippen molar-refractivity contribution in [3.05, 3.63) is 108 Å². The van der Waals surface area contributed by atoms with Crippen molar-refractivity contribution in [1.29, 1.82) is 0 Å². The summed E-state index contributed by atoms with van der Waals surface area (Å²) in [4.78, 5) is 69.3. The highest BCUT2D eigenvalue weighted by atomic mass is 19.3. The number of amides is 4. The number of aliphatic hydroxyl groups excluding tert-OH is 1. The molecule has 2 aromatic carbocycles. The van der Waals surface area contributed by atoms with Crippen LogP contribution in [0.3, 0.4) is 0 Å². The number of aryl methyl sites for hydroxylation is 1. The number of aromatic nitrogens is 5. The number of rotatable bonds is 18. The molecule has 4 N–H and O–H groups in total. The number of likely N-dealkylation sites (tertiary alicyclic amines) is 1. The Balaban J connectivity index is 0.957. The summed E-state index contributed by atoms with van der Waals surface area (Å²) in [5.41, 5.74) is 2.55. The van der Waals surface area contributed by atoms with E-state index in [2.05, 4.69) is 42.1 Å². The van der Waals surface area contributed by atoms with Crippen LogP contribution in [0.2, 0.25) is 0 Å². The largest absolute Gasteiger partial charge is 0.491 e. The van der Waals surface area contributed by atoms with Gasteiger partial charge in [-0.1, -0.05) is 64.0 Å². The van der Waals surface area contributed by atoms with Crippen molar-refractivity contribution in [2.45, 2.75) is 124 Å². The first-order valence-electron chi connectivity index (χ1n) is 25.9. The van der Waals surface area contributed by atoms with Gasteiger partial charge in [0.05, 0.1) is 47.8 Å². The van der Waals surface area contributed by atoms with Gasteiger partial charge >= 0.3 is 6.09 Å². The van der Waals surface area contributed by atoms with Gasteiger partial charge in [0.15, 0.2) is 0 Å². The van der Waals surface area contributed by atoms with E-state index in [1.165, 1.54) is 21.7 Å². The van der Waals surface area contributed by atoms with Crippen LogP contribution in [0.4, 0.5) is 30.9 Å². The summed E-state index contributed by atoms with van der Waals surface area (Å²) in [6.07, 6.45) is 6.69. The van der Waals surface area contributed by atoms with Gasteiger partial charge in [0.25, 0.3) is 6.43 Å². The molecule has 5 heterocycles. The molecule has 2 aliphatic rings. The van der Waals surface area contributed by atoms with Gasteiger partial charge in [-0.05, 0) is 111 Å². The molecule has 2 saturated heterocycles. The smallest absolute Gasteiger partial charge is 0.407 e. The predicted octanol–water partition coefficient (Wildman–Crippen LogP) is 8.17. The standard InChI is InChI=1S/C57H71F2N11O7/c1-11-37-12-14-38(15-13-37)45(64-53(73)46-28-43(71)33-69(46)54(74)51(35(2)3)70-32-36(4)65-66-70)29-50(72)68-24-22-67(23-25-68)49-19-17-41(31-61-49)62-48-27-40(20-21-60-48)39-16-18-47(44(26-39)52(58)59)76-34-42(30-56(5,6)7)63-55(75)77-57(8,9)10/h1,12-21,26-27,31-32,35,42-43,45-46,51-52,71H,22-25,28-30,33-34H2,2-10H3,(H,60,62)(H,63,75)(H,64,73)/t42-,43+,45-,46-,51?/m0/s1. The van der Waals surface area contributed by atoms with Crippen molar-refractivity contribution < 1.29 is 42.5 Å². The number of nitrogens with zero attached hydrogens (tertiary/aromatic N) is 8. The van der Waals surface area contributed by atoms with Gasteiger partial charge in [0.2, 0.25) is 17.7 Å². The molecule has 4 amide bonds. The first-order valence-corrected chi connectivity index (χ1v) is 25.9. The maximum absolute atomic E-state index is 14.6. The molecule has 18 nitrogen and oxygen atoms in total. The zero-order valence-corrected chi connectivity index (χ0v) is 45.3. The molecule has 5 aromatic rings. The topological polar surface area (TPSA) is 209 Å². The second-order valence-electron chi connectivity index (χ2n) is 22.3. The van der Waals surface area contributed by atoms with Crippen LogP contribution in [-0.2, 0) is 19.1 Å². The number of halogens is 2. The first-order chi connectivity index (χ1) is 36.4. The van der Waals surface area contributed by atoms with Crippen molar-refractivity contribution in [1.82, 2.24) is 45.4 Å². The number of carbonyl (C=O) groups excluding carboxylic acids is 4. The number of alkyl halides is 2. The number of piperazine rings is 1. The normalized spacial score (nSPS) is 17.1. The molecule has 20 heteroatoms. The number of pyridine rings is 2. The summed E-state index contributed by atoms with van der Waals surface area (Å²) < 4.78 is 42.0. The van der Waals surface area contributed by atoms with Crippen molar-refractivity contribution in [3.8, 4) is 29.2 Å². The highest BCUT2D eigenvalue weighted by Crippen LogP contribution is 2.35. The van der Waals surface area contributed by atoms with E-state index in [0.29, 0.717) is 77.9 Å². The Hall–Kier alpha value is -7.66. The summed E-state index contributed by atoms with van der Waals surface area (Å²) in [6.45, 7) is 18.6. The van der Waals surface area contributed by atoms with E-state index in [1.54, 1.807) is 93.6 Å². The molecule has 5 atom stereocenters. The molecular formula is C57H71F2N11O7. The summed E-state index contributed by atoms with van der Waals surface area (Å²) in [6, 6.07) is 15.9. The van der Waals surface area contributed by atoms with E-state index in [1.807, 2.05) is 46.8 Å². The van der Waals surface area contributed by atoms with Crippen molar-refractivity contribution in [2.24, 2.45) is 11.3 Å². The van der Waals surface area contributed by atoms with E-state index >= 15 is 0 Å². The van der Waals surface area contributed by atoms with Crippen LogP contribution in [0.1, 0.15) is 116 Å². The van der Waals surface area contributed by atoms with E-state index in [4.69, 9.17) is 20.9 Å². The van der Waals surface area contributed by atoms with Crippen LogP contribution in [0.25, 0.3) is 11.1 Å². The van der Waals surface area contributed by atoms with Crippen LogP contribution in [0.5, 0.6) is 5.75 Å². The van der Waals surface area contributed by atoms with Crippen LogP contribution in [-0.4, -0.2) is 127 Å². The Morgan fingerprint density at radius 2 is 1.62 bits per heavy atom. The van der Waals surface area contributed by atoms with E-state index in [9.17, 15) is 33.1 Å². The molecule has 1 unspecified atom stereocenters. The zero-order chi connectivity index (χ0) is 55.8. The molecule has 0 bridgehead atoms. The average molecular weight is 1060 g/mol. The summed E-state index contributed by atoms with van der Waals surface area (Å²) >= 11 is 0. The fourth-order valence-corrected chi connectivity index (χ4v) is 9.56. The molecule has 0 radical (unpaired) electrons. The molecule has 0 spiro atoms. The number of terminal acetylenes is 1. The molecule has 2 fully saturated rings. The third-order valence-electron chi connectivity index (χ3n) is 13.2. The predicted molar refractivity (Wildman–Crippen MR) is 288 cm³/mol. The van der Waals surface area contributed by atoms with Crippen LogP contribution >= 0.6 is 0 Å². The number of aliphatic hydroxyl groups is 1. The number of benzene rings is 2. The number of nitrogens with one attached hydrogen (secondary N) is 3. The minimum Gasteiger partial charge on any atom is -0.491 e. The lowest BCUT2D eigenvalue weighted by molar-refractivity contribution is -0.143. The molecule has 0 aliphatic carbocycles. The third kappa shape index (κ3) is 15.5. The fourth-order valence-electron chi connectivity index (χ4n) is 9.56. The number of ether oxygens (including phenoxy) is 2. The maximum atomic E-state index is 14.6. The molecule has 7 rings (SSSR count). The van der Waals surface area contributed by atoms with Gasteiger partial charge in [-0.25, -0.2) is 28.2 Å². The highest BCUT2D eigenvalue weighted by molar-refractivity contribution is 5.90. The van der Waals surface area contributed by atoms with Crippen molar-refractivity contribution in [3.63, 3.8) is 0 Å². The summed E-state index contributed by atoms with van der Waals surface area (Å²) in [5.74, 6) is 2.56. The van der Waals surface area contributed by atoms with Gasteiger partial charge < -0.3 is 45.2 Å². The van der Waals surface area contributed by atoms with Crippen LogP contribution in [0.15, 0.2) is 85.3 Å². The lowest BCUT2D eigenvalue weighted by Gasteiger charge is -2.36. The van der Waals surface area contributed by atoms with Crippen LogP contribution < -0.4 is 25.6 Å². The first kappa shape index (κ1) is 57.1. The number of hydrogen-bond donors (Lipinski definition) is 4. The monoisotopic (exact) mass is 1060 g/mol. The molecule has 3 aromatic heterocycles. The van der Waals surface area contributed by atoms with E-state index < -0.39 is 54.3 Å². The maximum Gasteiger partial charge on any atom is 0.407 e. The minimum absolute atomic E-state index is 0.0132. The molecule has 2 aliphatic heterocycles. The number of β-amino-alcohol motifs (C(OH)–C–C–N with tert-alkyl or cyclic N) is 1. The fraction of sp³-hybridized carbons (Fsp3) is 0.474. The Morgan fingerprint density at radius 1 is 0.909 bits per heavy atom. The molecular weight excluding hydrogens is 989 g/mol. The lowest BCUT2D eigenvalue weighted by Crippen LogP contribution is -2.51. The summed E-state index contributed by atoms with van der Waals surface area (Å²) in [7, 11) is 0. The van der Waals surface area contributed by atoms with E-state index in [-0.39, 0.29) is 60.5 Å². The Kier molecular flexibility index (Phi) is 18.2. The quantitative estimate of drug-likeness (QED) is 0.0612. The van der Waals surface area contributed by atoms with Crippen molar-refractivity contribution in [2.75, 3.05) is 49.5 Å². The minimum atomic E-state index is -2.83. The van der Waals surface area contributed by atoms with Gasteiger partial charge in [0.1, 0.15) is 41.7 Å². The molecule has 77 heavy (non-hydrogen) atoms. The Morgan fingerprint density at radius 3 is 2.23 bits per heavy atom. The van der Waals surface area contributed by atoms with Gasteiger partial charge in [-0.2, -0.15) is 0 Å². The molecule has 0 saturated carbocycles. The second-order valence-corrected chi connectivity index (χ2v) is 22.3. The number of anilines is 3. The van der Waals surface area contributed by atoms with E-state index in [0.717, 1.165) is 0 Å².